The molecule has 1 N–H and O–H groups in total. The first-order valence-electron chi connectivity index (χ1n) is 7.59. The van der Waals surface area contributed by atoms with Gasteiger partial charge in [-0.2, -0.15) is 0 Å². The maximum absolute atomic E-state index is 13.7. The van der Waals surface area contributed by atoms with Gasteiger partial charge in [-0.15, -0.1) is 0 Å². The SMILES string of the molecule is O=[N+]([O-])c1cccc(CNCCc2cc(F)cc3c2OCOC3)c1. The molecular weight excluding hydrogens is 315 g/mol. The van der Waals surface area contributed by atoms with Gasteiger partial charge in [0, 0.05) is 24.2 Å². The topological polar surface area (TPSA) is 73.6 Å². The molecule has 126 valence electrons. The van der Waals surface area contributed by atoms with Crippen molar-refractivity contribution in [1.82, 2.24) is 5.32 Å². The lowest BCUT2D eigenvalue weighted by molar-refractivity contribution is -0.384. The highest BCUT2D eigenvalue weighted by Gasteiger charge is 2.16. The van der Waals surface area contributed by atoms with E-state index in [0.717, 1.165) is 16.7 Å². The highest BCUT2D eigenvalue weighted by atomic mass is 19.1. The Morgan fingerprint density at radius 2 is 2.17 bits per heavy atom. The summed E-state index contributed by atoms with van der Waals surface area (Å²) in [5.41, 5.74) is 2.41. The molecule has 0 spiro atoms. The van der Waals surface area contributed by atoms with Crippen LogP contribution in [0.15, 0.2) is 36.4 Å². The largest absolute Gasteiger partial charge is 0.467 e. The van der Waals surface area contributed by atoms with Crippen LogP contribution in [0.5, 0.6) is 5.75 Å². The Morgan fingerprint density at radius 1 is 1.29 bits per heavy atom. The summed E-state index contributed by atoms with van der Waals surface area (Å²) in [4.78, 5) is 10.3. The van der Waals surface area contributed by atoms with E-state index in [2.05, 4.69) is 5.32 Å². The van der Waals surface area contributed by atoms with E-state index in [-0.39, 0.29) is 18.3 Å². The molecule has 0 bridgehead atoms. The molecule has 1 aliphatic heterocycles. The fraction of sp³-hybridized carbons (Fsp3) is 0.294. The third-order valence-electron chi connectivity index (χ3n) is 3.77. The lowest BCUT2D eigenvalue weighted by Crippen LogP contribution is -2.19. The number of non-ortho nitro benzene ring substituents is 1. The predicted molar refractivity (Wildman–Crippen MR) is 85.2 cm³/mol. The minimum atomic E-state index is -0.415. The number of hydrogen-bond donors (Lipinski definition) is 1. The summed E-state index contributed by atoms with van der Waals surface area (Å²) in [6, 6.07) is 9.38. The van der Waals surface area contributed by atoms with E-state index >= 15 is 0 Å². The number of nitro groups is 1. The maximum Gasteiger partial charge on any atom is 0.269 e. The van der Waals surface area contributed by atoms with Crippen LogP contribution in [0, 0.1) is 15.9 Å². The average molecular weight is 332 g/mol. The molecule has 7 heteroatoms. The van der Waals surface area contributed by atoms with Gasteiger partial charge in [0.2, 0.25) is 0 Å². The third-order valence-corrected chi connectivity index (χ3v) is 3.77. The van der Waals surface area contributed by atoms with Crippen molar-refractivity contribution in [3.05, 3.63) is 69.0 Å². The number of nitrogens with zero attached hydrogens (tertiary/aromatic N) is 1. The Labute approximate surface area is 138 Å². The van der Waals surface area contributed by atoms with Gasteiger partial charge in [-0.3, -0.25) is 10.1 Å². The summed E-state index contributed by atoms with van der Waals surface area (Å²) in [5.74, 6) is 0.385. The van der Waals surface area contributed by atoms with Crippen molar-refractivity contribution in [3.8, 4) is 5.75 Å². The van der Waals surface area contributed by atoms with Gasteiger partial charge in [0.15, 0.2) is 6.79 Å². The number of halogens is 1. The Kier molecular flexibility index (Phi) is 5.02. The molecule has 0 unspecified atom stereocenters. The summed E-state index contributed by atoms with van der Waals surface area (Å²) >= 11 is 0. The van der Waals surface area contributed by atoms with Crippen LogP contribution >= 0.6 is 0 Å². The van der Waals surface area contributed by atoms with Gasteiger partial charge in [0.05, 0.1) is 11.5 Å². The summed E-state index contributed by atoms with van der Waals surface area (Å²) in [6.07, 6.45) is 0.592. The van der Waals surface area contributed by atoms with Crippen LogP contribution in [0.4, 0.5) is 10.1 Å². The molecule has 0 amide bonds. The molecule has 1 aliphatic rings. The van der Waals surface area contributed by atoms with Crippen LogP contribution in [0.2, 0.25) is 0 Å². The van der Waals surface area contributed by atoms with Crippen LogP contribution < -0.4 is 10.1 Å². The molecule has 6 nitrogen and oxygen atoms in total. The first kappa shape index (κ1) is 16.4. The molecule has 2 aromatic rings. The van der Waals surface area contributed by atoms with Gasteiger partial charge >= 0.3 is 0 Å². The predicted octanol–water partition coefficient (Wildman–Crippen LogP) is 2.93. The molecule has 0 radical (unpaired) electrons. The Bertz CT molecular complexity index is 751. The lowest BCUT2D eigenvalue weighted by Gasteiger charge is -2.21. The van der Waals surface area contributed by atoms with Crippen LogP contribution in [0.25, 0.3) is 0 Å². The second-order valence-electron chi connectivity index (χ2n) is 5.52. The number of benzene rings is 2. The molecule has 24 heavy (non-hydrogen) atoms. The van der Waals surface area contributed by atoms with Crippen molar-refractivity contribution >= 4 is 5.69 Å². The van der Waals surface area contributed by atoms with Gasteiger partial charge in [0.25, 0.3) is 5.69 Å². The minimum Gasteiger partial charge on any atom is -0.467 e. The van der Waals surface area contributed by atoms with E-state index in [1.807, 2.05) is 6.07 Å². The second-order valence-corrected chi connectivity index (χ2v) is 5.52. The molecule has 2 aromatic carbocycles. The van der Waals surface area contributed by atoms with Gasteiger partial charge in [-0.05, 0) is 36.2 Å². The molecule has 3 rings (SSSR count). The van der Waals surface area contributed by atoms with E-state index in [4.69, 9.17) is 9.47 Å². The first-order chi connectivity index (χ1) is 11.6. The molecule has 0 atom stereocenters. The highest BCUT2D eigenvalue weighted by molar-refractivity contribution is 5.42. The zero-order valence-electron chi connectivity index (χ0n) is 13.0. The van der Waals surface area contributed by atoms with Crippen LogP contribution in [-0.4, -0.2) is 18.3 Å². The number of hydrogen-bond acceptors (Lipinski definition) is 5. The van der Waals surface area contributed by atoms with Gasteiger partial charge in [-0.1, -0.05) is 12.1 Å². The zero-order chi connectivity index (χ0) is 16.9. The Morgan fingerprint density at radius 3 is 3.00 bits per heavy atom. The lowest BCUT2D eigenvalue weighted by atomic mass is 10.1. The van der Waals surface area contributed by atoms with Crippen molar-refractivity contribution in [2.75, 3.05) is 13.3 Å². The number of nitrogens with one attached hydrogen (secondary N) is 1. The molecule has 1 heterocycles. The summed E-state index contributed by atoms with van der Waals surface area (Å²) in [7, 11) is 0. The Hall–Kier alpha value is -2.51. The molecule has 0 fully saturated rings. The standard InChI is InChI=1S/C17H17FN2O4/c18-15-7-13(17-14(8-15)10-23-11-24-17)4-5-19-9-12-2-1-3-16(6-12)20(21)22/h1-3,6-8,19H,4-5,9-11H2. The fourth-order valence-corrected chi connectivity index (χ4v) is 2.68. The van der Waals surface area contributed by atoms with E-state index in [0.29, 0.717) is 31.9 Å². The van der Waals surface area contributed by atoms with Crippen LogP contribution in [0.1, 0.15) is 16.7 Å². The number of nitro benzene ring substituents is 1. The smallest absolute Gasteiger partial charge is 0.269 e. The molecule has 0 aliphatic carbocycles. The molecule has 0 saturated heterocycles. The van der Waals surface area contributed by atoms with E-state index in [1.54, 1.807) is 6.07 Å². The number of ether oxygens (including phenoxy) is 2. The maximum atomic E-state index is 13.7. The van der Waals surface area contributed by atoms with Crippen molar-refractivity contribution in [3.63, 3.8) is 0 Å². The normalized spacial score (nSPS) is 13.2. The van der Waals surface area contributed by atoms with Gasteiger partial charge in [-0.25, -0.2) is 4.39 Å². The first-order valence-corrected chi connectivity index (χ1v) is 7.59. The molecule has 0 aromatic heterocycles. The second kappa shape index (κ2) is 7.37. The van der Waals surface area contributed by atoms with Gasteiger partial charge < -0.3 is 14.8 Å². The van der Waals surface area contributed by atoms with Crippen LogP contribution in [0.3, 0.4) is 0 Å². The van der Waals surface area contributed by atoms with Crippen molar-refractivity contribution in [2.45, 2.75) is 19.6 Å². The van der Waals surface area contributed by atoms with Crippen molar-refractivity contribution in [1.29, 1.82) is 0 Å². The highest BCUT2D eigenvalue weighted by Crippen LogP contribution is 2.29. The van der Waals surface area contributed by atoms with E-state index in [1.165, 1.54) is 24.3 Å². The minimum absolute atomic E-state index is 0.0712. The summed E-state index contributed by atoms with van der Waals surface area (Å²) in [5, 5.41) is 14.0. The zero-order valence-corrected chi connectivity index (χ0v) is 13.0. The summed E-state index contributed by atoms with van der Waals surface area (Å²) < 4.78 is 24.3. The number of rotatable bonds is 6. The summed E-state index contributed by atoms with van der Waals surface area (Å²) in [6.45, 7) is 1.62. The monoisotopic (exact) mass is 332 g/mol. The molecule has 0 saturated carbocycles. The average Bonchev–Trinajstić information content (AvgIpc) is 2.58. The quantitative estimate of drug-likeness (QED) is 0.500. The fourth-order valence-electron chi connectivity index (χ4n) is 2.68. The van der Waals surface area contributed by atoms with Crippen LogP contribution in [-0.2, 0) is 24.3 Å². The van der Waals surface area contributed by atoms with E-state index < -0.39 is 4.92 Å². The Balaban J connectivity index is 1.58. The third kappa shape index (κ3) is 3.87. The van der Waals surface area contributed by atoms with Crippen molar-refractivity contribution < 1.29 is 18.8 Å². The van der Waals surface area contributed by atoms with Crippen molar-refractivity contribution in [2.24, 2.45) is 0 Å². The molecular formula is C17H17FN2O4. The van der Waals surface area contributed by atoms with E-state index in [9.17, 15) is 14.5 Å². The van der Waals surface area contributed by atoms with Gasteiger partial charge in [0.1, 0.15) is 11.6 Å². The number of fused-ring (bicyclic) bond motifs is 1.